The molecule has 3 aromatic heterocycles. The van der Waals surface area contributed by atoms with Gasteiger partial charge in [0.25, 0.3) is 0 Å². The number of amides is 1. The van der Waals surface area contributed by atoms with Crippen LogP contribution >= 0.6 is 11.6 Å². The van der Waals surface area contributed by atoms with Crippen LogP contribution in [0.15, 0.2) is 55.0 Å². The third-order valence-electron chi connectivity index (χ3n) is 9.57. The van der Waals surface area contributed by atoms with Crippen molar-refractivity contribution in [3.8, 4) is 17.5 Å². The molecule has 5 atom stereocenters. The van der Waals surface area contributed by atoms with Gasteiger partial charge in [-0.2, -0.15) is 14.4 Å². The molecular weight excluding hydrogens is 683 g/mol. The lowest BCUT2D eigenvalue weighted by molar-refractivity contribution is -0.387. The number of carbonyl (C=O) groups excluding carboxylic acids is 1. The number of hydrogen-bond donors (Lipinski definition) is 4. The fraction of sp³-hybridized carbons (Fsp3) is 0.353. The second kappa shape index (κ2) is 13.7. The number of halogens is 2. The van der Waals surface area contributed by atoms with Crippen molar-refractivity contribution in [2.45, 2.75) is 56.9 Å². The molecule has 7 rings (SSSR count). The average Bonchev–Trinajstić information content (AvgIpc) is 3.34. The third kappa shape index (κ3) is 6.35. The first kappa shape index (κ1) is 34.0. The zero-order valence-electron chi connectivity index (χ0n) is 27.2. The summed E-state index contributed by atoms with van der Waals surface area (Å²) in [5, 5.41) is 46.7. The van der Waals surface area contributed by atoms with E-state index in [-0.39, 0.29) is 17.1 Å². The van der Waals surface area contributed by atoms with Crippen molar-refractivity contribution in [1.29, 1.82) is 0 Å². The van der Waals surface area contributed by atoms with E-state index in [1.54, 1.807) is 10.8 Å². The van der Waals surface area contributed by atoms with Crippen molar-refractivity contribution in [3.05, 3.63) is 93.0 Å². The lowest BCUT2D eigenvalue weighted by atomic mass is 9.98. The fourth-order valence-corrected chi connectivity index (χ4v) is 7.13. The van der Waals surface area contributed by atoms with E-state index in [0.717, 1.165) is 36.1 Å². The van der Waals surface area contributed by atoms with E-state index in [9.17, 15) is 29.5 Å². The van der Waals surface area contributed by atoms with Gasteiger partial charge in [-0.25, -0.2) is 9.67 Å². The number of hydrogen-bond acceptors (Lipinski definition) is 11. The average molecular weight is 715 g/mol. The summed E-state index contributed by atoms with van der Waals surface area (Å²) >= 11 is 6.32. The lowest BCUT2D eigenvalue weighted by Crippen LogP contribution is -2.41. The number of nitro groups is 1. The van der Waals surface area contributed by atoms with Gasteiger partial charge in [0.1, 0.15) is 6.10 Å². The van der Waals surface area contributed by atoms with Crippen LogP contribution in [0.1, 0.15) is 48.5 Å². The normalized spacial score (nSPS) is 21.9. The SMILES string of the molecule is CNC(=O)[C@@]12C[C@@H]1[C@@H](n1cnc3c(NCc4cccc(C#CCCCCc5cn(-c6ccc(F)c([N+](=O)[O-])c6)nn5)c4)nc(Cl)nc31)[C@H](O)[C@@H]2O. The molecule has 51 heavy (non-hydrogen) atoms. The number of benzene rings is 2. The molecule has 1 amide bonds. The molecular formula is C34H32ClFN10O5. The van der Waals surface area contributed by atoms with Gasteiger partial charge in [0, 0.05) is 37.6 Å². The molecule has 0 bridgehead atoms. The number of nitrogens with one attached hydrogen (secondary N) is 2. The number of nitro benzene ring substituents is 1. The van der Waals surface area contributed by atoms with Crippen molar-refractivity contribution in [2.75, 3.05) is 12.4 Å². The quantitative estimate of drug-likeness (QED) is 0.0513. The van der Waals surface area contributed by atoms with Crippen LogP contribution in [0.25, 0.3) is 16.9 Å². The third-order valence-corrected chi connectivity index (χ3v) is 9.74. The molecule has 0 saturated heterocycles. The minimum absolute atomic E-state index is 0.0171. The maximum absolute atomic E-state index is 13.7. The Balaban J connectivity index is 0.941. The number of aliphatic hydroxyl groups is 2. The molecule has 262 valence electrons. The molecule has 17 heteroatoms. The van der Waals surface area contributed by atoms with Crippen LogP contribution in [0, 0.1) is 39.1 Å². The Morgan fingerprint density at radius 2 is 2.06 bits per heavy atom. The number of aliphatic hydroxyl groups excluding tert-OH is 2. The van der Waals surface area contributed by atoms with Gasteiger partial charge < -0.3 is 25.4 Å². The number of fused-ring (bicyclic) bond motifs is 2. The van der Waals surface area contributed by atoms with Crippen molar-refractivity contribution >= 4 is 40.2 Å². The monoisotopic (exact) mass is 714 g/mol. The van der Waals surface area contributed by atoms with Gasteiger partial charge in [-0.3, -0.25) is 14.9 Å². The summed E-state index contributed by atoms with van der Waals surface area (Å²) in [6, 6.07) is 10.7. The largest absolute Gasteiger partial charge is 0.389 e. The highest BCUT2D eigenvalue weighted by Crippen LogP contribution is 2.67. The zero-order chi connectivity index (χ0) is 35.9. The van der Waals surface area contributed by atoms with Gasteiger partial charge in [0.05, 0.1) is 46.4 Å². The van der Waals surface area contributed by atoms with Crippen molar-refractivity contribution in [2.24, 2.45) is 11.3 Å². The summed E-state index contributed by atoms with van der Waals surface area (Å²) in [6.07, 6.45) is 4.19. The molecule has 4 N–H and O–H groups in total. The van der Waals surface area contributed by atoms with Crippen LogP contribution in [-0.2, 0) is 17.8 Å². The number of nitrogens with zero attached hydrogens (tertiary/aromatic N) is 8. The number of rotatable bonds is 11. The molecule has 0 aliphatic heterocycles. The lowest BCUT2D eigenvalue weighted by Gasteiger charge is -2.23. The molecule has 0 spiro atoms. The molecule has 15 nitrogen and oxygen atoms in total. The molecule has 2 aliphatic rings. The Hall–Kier alpha value is -5.50. The highest BCUT2D eigenvalue weighted by molar-refractivity contribution is 6.28. The van der Waals surface area contributed by atoms with Gasteiger partial charge in [0.2, 0.25) is 17.0 Å². The first-order valence-corrected chi connectivity index (χ1v) is 16.6. The Morgan fingerprint density at radius 3 is 2.86 bits per heavy atom. The van der Waals surface area contributed by atoms with Crippen LogP contribution in [-0.4, -0.2) is 74.8 Å². The number of unbranched alkanes of at least 4 members (excludes halogenated alkanes) is 2. The summed E-state index contributed by atoms with van der Waals surface area (Å²) in [7, 11) is 1.51. The minimum Gasteiger partial charge on any atom is -0.389 e. The first-order valence-electron chi connectivity index (χ1n) is 16.3. The van der Waals surface area contributed by atoms with Crippen LogP contribution in [0.2, 0.25) is 5.28 Å². The molecule has 2 fully saturated rings. The molecule has 2 saturated carbocycles. The molecule has 0 radical (unpaired) electrons. The van der Waals surface area contributed by atoms with E-state index in [1.807, 2.05) is 24.3 Å². The maximum atomic E-state index is 13.7. The van der Waals surface area contributed by atoms with Crippen LogP contribution < -0.4 is 10.6 Å². The number of carbonyl (C=O) groups is 1. The number of aromatic nitrogens is 7. The molecule has 3 heterocycles. The smallest absolute Gasteiger partial charge is 0.306 e. The Bertz CT molecular complexity index is 2220. The van der Waals surface area contributed by atoms with E-state index in [4.69, 9.17) is 11.6 Å². The van der Waals surface area contributed by atoms with Gasteiger partial charge in [-0.15, -0.1) is 5.10 Å². The van der Waals surface area contributed by atoms with E-state index < -0.39 is 40.1 Å². The number of anilines is 1. The second-order valence-electron chi connectivity index (χ2n) is 12.6. The summed E-state index contributed by atoms with van der Waals surface area (Å²) in [4.78, 5) is 36.1. The second-order valence-corrected chi connectivity index (χ2v) is 13.0. The standard InChI is InChI=1S/C34H32ClFN10O5/c1-37-32(49)34-15-23(34)27(28(47)29(34)48)44-18-39-26-30(40-33(35)41-31(26)44)38-16-20-9-6-8-19(13-20)7-4-2-3-5-10-21-17-45(43-42-21)22-11-12-24(36)25(14-22)46(50)51/h6,8-9,11-14,17-18,23,27-29,47-48H,2-3,5,10,15-16H2,1H3,(H,37,49)(H,38,40,41)/t23-,27-,28+,29+,34+/m1/s1. The number of aryl methyl sites for hydroxylation is 1. The van der Waals surface area contributed by atoms with Gasteiger partial charge in [-0.05, 0) is 67.1 Å². The summed E-state index contributed by atoms with van der Waals surface area (Å²) in [6.45, 7) is 0.393. The Labute approximate surface area is 295 Å². The van der Waals surface area contributed by atoms with E-state index in [0.29, 0.717) is 54.2 Å². The molecule has 2 aromatic carbocycles. The maximum Gasteiger partial charge on any atom is 0.306 e. The predicted octanol–water partition coefficient (Wildman–Crippen LogP) is 3.51. The first-order chi connectivity index (χ1) is 24.6. The van der Waals surface area contributed by atoms with Gasteiger partial charge >= 0.3 is 5.69 Å². The number of imidazole rings is 1. The summed E-state index contributed by atoms with van der Waals surface area (Å²) in [5.41, 5.74) is 2.03. The zero-order valence-corrected chi connectivity index (χ0v) is 28.0. The molecule has 2 aliphatic carbocycles. The molecule has 5 aromatic rings. The van der Waals surface area contributed by atoms with Crippen molar-refractivity contribution in [3.63, 3.8) is 0 Å². The van der Waals surface area contributed by atoms with Gasteiger partial charge in [-0.1, -0.05) is 29.2 Å². The predicted molar refractivity (Wildman–Crippen MR) is 182 cm³/mol. The highest BCUT2D eigenvalue weighted by Gasteiger charge is 2.75. The minimum atomic E-state index is -1.21. The van der Waals surface area contributed by atoms with Gasteiger partial charge in [0.15, 0.2) is 17.0 Å². The topological polar surface area (TPSA) is 199 Å². The van der Waals surface area contributed by atoms with E-state index in [2.05, 4.69) is 47.7 Å². The van der Waals surface area contributed by atoms with Crippen LogP contribution in [0.4, 0.5) is 15.9 Å². The summed E-state index contributed by atoms with van der Waals surface area (Å²) in [5.74, 6) is 5.32. The van der Waals surface area contributed by atoms with Crippen LogP contribution in [0.5, 0.6) is 0 Å². The Morgan fingerprint density at radius 1 is 1.22 bits per heavy atom. The van der Waals surface area contributed by atoms with E-state index >= 15 is 0 Å². The van der Waals surface area contributed by atoms with Crippen LogP contribution in [0.3, 0.4) is 0 Å². The highest BCUT2D eigenvalue weighted by atomic mass is 35.5. The fourth-order valence-electron chi connectivity index (χ4n) is 6.97. The Kier molecular flexibility index (Phi) is 9.10. The van der Waals surface area contributed by atoms with Crippen molar-refractivity contribution < 1.29 is 24.3 Å². The van der Waals surface area contributed by atoms with Crippen molar-refractivity contribution in [1.82, 2.24) is 39.8 Å². The van der Waals surface area contributed by atoms with E-state index in [1.165, 1.54) is 24.1 Å². The summed E-state index contributed by atoms with van der Waals surface area (Å²) < 4.78 is 16.7. The molecule has 0 unspecified atom stereocenters.